The number of hydrogen-bond donors (Lipinski definition) is 1. The van der Waals surface area contributed by atoms with Crippen molar-refractivity contribution < 1.29 is 4.79 Å². The Labute approximate surface area is 117 Å². The molecule has 0 aliphatic heterocycles. The van der Waals surface area contributed by atoms with Crippen LogP contribution >= 0.6 is 0 Å². The van der Waals surface area contributed by atoms with Gasteiger partial charge in [-0.05, 0) is 30.9 Å². The van der Waals surface area contributed by atoms with Crippen molar-refractivity contribution in [3.8, 4) is 11.3 Å². The van der Waals surface area contributed by atoms with Gasteiger partial charge in [0.1, 0.15) is 12.0 Å². The second-order valence-corrected chi connectivity index (χ2v) is 5.04. The second kappa shape index (κ2) is 5.77. The Morgan fingerprint density at radius 1 is 1.25 bits per heavy atom. The summed E-state index contributed by atoms with van der Waals surface area (Å²) in [4.78, 5) is 24.4. The van der Waals surface area contributed by atoms with Crippen LogP contribution in [0.15, 0.2) is 36.9 Å². The van der Waals surface area contributed by atoms with E-state index in [1.54, 1.807) is 18.5 Å². The van der Waals surface area contributed by atoms with Crippen LogP contribution in [0.3, 0.4) is 0 Å². The van der Waals surface area contributed by atoms with Crippen LogP contribution in [0.1, 0.15) is 29.8 Å². The standard InChI is InChI=1S/C15H16N4O/c20-15(18-7-11-3-1-4-11)14-6-2-5-13(19-14)12-8-16-10-17-9-12/h2,5-6,8-11H,1,3-4,7H2,(H,18,20). The number of hydrogen-bond acceptors (Lipinski definition) is 4. The van der Waals surface area contributed by atoms with Gasteiger partial charge in [-0.25, -0.2) is 15.0 Å². The molecule has 102 valence electrons. The zero-order chi connectivity index (χ0) is 13.8. The summed E-state index contributed by atoms with van der Waals surface area (Å²) in [7, 11) is 0. The zero-order valence-corrected chi connectivity index (χ0v) is 11.1. The topological polar surface area (TPSA) is 67.8 Å². The summed E-state index contributed by atoms with van der Waals surface area (Å²) < 4.78 is 0. The van der Waals surface area contributed by atoms with Gasteiger partial charge in [-0.15, -0.1) is 0 Å². The maximum Gasteiger partial charge on any atom is 0.269 e. The van der Waals surface area contributed by atoms with Gasteiger partial charge < -0.3 is 5.32 Å². The van der Waals surface area contributed by atoms with Crippen LogP contribution < -0.4 is 5.32 Å². The SMILES string of the molecule is O=C(NCC1CCC1)c1cccc(-c2cncnc2)n1. The third-order valence-electron chi connectivity index (χ3n) is 3.61. The molecule has 2 heterocycles. The number of nitrogens with one attached hydrogen (secondary N) is 1. The van der Waals surface area contributed by atoms with E-state index in [4.69, 9.17) is 0 Å². The van der Waals surface area contributed by atoms with Crippen molar-refractivity contribution in [2.75, 3.05) is 6.54 Å². The van der Waals surface area contributed by atoms with Crippen LogP contribution in [0.2, 0.25) is 0 Å². The summed E-state index contributed by atoms with van der Waals surface area (Å²) in [6.45, 7) is 0.749. The van der Waals surface area contributed by atoms with E-state index < -0.39 is 0 Å². The van der Waals surface area contributed by atoms with E-state index in [2.05, 4.69) is 20.3 Å². The van der Waals surface area contributed by atoms with Gasteiger partial charge in [0.2, 0.25) is 0 Å². The van der Waals surface area contributed by atoms with Crippen LogP contribution in [0.25, 0.3) is 11.3 Å². The molecule has 1 aliphatic carbocycles. The Morgan fingerprint density at radius 3 is 2.75 bits per heavy atom. The van der Waals surface area contributed by atoms with Crippen molar-refractivity contribution in [2.45, 2.75) is 19.3 Å². The number of amides is 1. The van der Waals surface area contributed by atoms with Gasteiger partial charge in [0.05, 0.1) is 5.69 Å². The van der Waals surface area contributed by atoms with Crippen molar-refractivity contribution in [1.29, 1.82) is 0 Å². The average molecular weight is 268 g/mol. The quantitative estimate of drug-likeness (QED) is 0.921. The lowest BCUT2D eigenvalue weighted by atomic mass is 9.85. The normalized spacial score (nSPS) is 14.6. The highest BCUT2D eigenvalue weighted by molar-refractivity contribution is 5.92. The maximum atomic E-state index is 12.1. The summed E-state index contributed by atoms with van der Waals surface area (Å²) >= 11 is 0. The molecule has 1 N–H and O–H groups in total. The largest absolute Gasteiger partial charge is 0.350 e. The molecule has 20 heavy (non-hydrogen) atoms. The Hall–Kier alpha value is -2.30. The lowest BCUT2D eigenvalue weighted by Crippen LogP contribution is -2.32. The fraction of sp³-hybridized carbons (Fsp3) is 0.333. The highest BCUT2D eigenvalue weighted by Crippen LogP contribution is 2.25. The molecule has 0 saturated heterocycles. The number of nitrogens with zero attached hydrogens (tertiary/aromatic N) is 3. The van der Waals surface area contributed by atoms with E-state index in [1.165, 1.54) is 25.6 Å². The molecule has 0 spiro atoms. The first-order chi connectivity index (χ1) is 9.83. The first-order valence-corrected chi connectivity index (χ1v) is 6.83. The van der Waals surface area contributed by atoms with E-state index in [1.807, 2.05) is 12.1 Å². The molecule has 1 saturated carbocycles. The first-order valence-electron chi connectivity index (χ1n) is 6.83. The molecule has 1 fully saturated rings. The molecule has 0 aromatic carbocycles. The first kappa shape index (κ1) is 12.7. The Kier molecular flexibility index (Phi) is 3.67. The minimum absolute atomic E-state index is 0.115. The molecule has 5 nitrogen and oxygen atoms in total. The molecule has 0 unspecified atom stereocenters. The fourth-order valence-corrected chi connectivity index (χ4v) is 2.18. The lowest BCUT2D eigenvalue weighted by molar-refractivity contribution is 0.0934. The lowest BCUT2D eigenvalue weighted by Gasteiger charge is -2.25. The molecule has 5 heteroatoms. The van der Waals surface area contributed by atoms with E-state index in [9.17, 15) is 4.79 Å². The predicted molar refractivity (Wildman–Crippen MR) is 74.9 cm³/mol. The van der Waals surface area contributed by atoms with Crippen molar-refractivity contribution in [2.24, 2.45) is 5.92 Å². The summed E-state index contributed by atoms with van der Waals surface area (Å²) in [6, 6.07) is 5.40. The van der Waals surface area contributed by atoms with Crippen molar-refractivity contribution in [1.82, 2.24) is 20.3 Å². The van der Waals surface area contributed by atoms with Crippen LogP contribution in [0.4, 0.5) is 0 Å². The zero-order valence-electron chi connectivity index (χ0n) is 11.1. The number of carbonyl (C=O) groups excluding carboxylic acids is 1. The number of rotatable bonds is 4. The minimum atomic E-state index is -0.115. The van der Waals surface area contributed by atoms with Gasteiger partial charge in [-0.1, -0.05) is 12.5 Å². The summed E-state index contributed by atoms with van der Waals surface area (Å²) in [5, 5.41) is 2.95. The molecular formula is C15H16N4O. The van der Waals surface area contributed by atoms with Crippen LogP contribution in [0, 0.1) is 5.92 Å². The number of aromatic nitrogens is 3. The third kappa shape index (κ3) is 2.82. The van der Waals surface area contributed by atoms with E-state index in [-0.39, 0.29) is 5.91 Å². The molecule has 2 aromatic heterocycles. The van der Waals surface area contributed by atoms with E-state index in [0.717, 1.165) is 12.1 Å². The molecule has 0 radical (unpaired) electrons. The summed E-state index contributed by atoms with van der Waals surface area (Å²) in [6.07, 6.45) is 8.56. The van der Waals surface area contributed by atoms with Gasteiger partial charge in [-0.2, -0.15) is 0 Å². The summed E-state index contributed by atoms with van der Waals surface area (Å²) in [5.41, 5.74) is 1.95. The van der Waals surface area contributed by atoms with Crippen molar-refractivity contribution in [3.63, 3.8) is 0 Å². The second-order valence-electron chi connectivity index (χ2n) is 5.04. The van der Waals surface area contributed by atoms with E-state index in [0.29, 0.717) is 17.3 Å². The van der Waals surface area contributed by atoms with E-state index >= 15 is 0 Å². The number of carbonyl (C=O) groups is 1. The van der Waals surface area contributed by atoms with Crippen molar-refractivity contribution >= 4 is 5.91 Å². The molecule has 1 aliphatic rings. The monoisotopic (exact) mass is 268 g/mol. The van der Waals surface area contributed by atoms with Gasteiger partial charge >= 0.3 is 0 Å². The molecule has 2 aromatic rings. The smallest absolute Gasteiger partial charge is 0.269 e. The molecular weight excluding hydrogens is 252 g/mol. The Balaban J connectivity index is 1.71. The minimum Gasteiger partial charge on any atom is -0.350 e. The van der Waals surface area contributed by atoms with Gasteiger partial charge in [0.25, 0.3) is 5.91 Å². The molecule has 0 bridgehead atoms. The highest BCUT2D eigenvalue weighted by Gasteiger charge is 2.18. The fourth-order valence-electron chi connectivity index (χ4n) is 2.18. The average Bonchev–Trinajstić information content (AvgIpc) is 2.46. The Morgan fingerprint density at radius 2 is 2.05 bits per heavy atom. The molecule has 0 atom stereocenters. The predicted octanol–water partition coefficient (Wildman–Crippen LogP) is 2.07. The van der Waals surface area contributed by atoms with Crippen molar-refractivity contribution in [3.05, 3.63) is 42.6 Å². The van der Waals surface area contributed by atoms with Crippen LogP contribution in [-0.2, 0) is 0 Å². The highest BCUT2D eigenvalue weighted by atomic mass is 16.1. The van der Waals surface area contributed by atoms with Crippen LogP contribution in [0.5, 0.6) is 0 Å². The number of pyridine rings is 1. The Bertz CT molecular complexity index is 596. The third-order valence-corrected chi connectivity index (χ3v) is 3.61. The van der Waals surface area contributed by atoms with Crippen LogP contribution in [-0.4, -0.2) is 27.4 Å². The molecule has 3 rings (SSSR count). The maximum absolute atomic E-state index is 12.1. The van der Waals surface area contributed by atoms with Gasteiger partial charge in [0, 0.05) is 24.5 Å². The molecule has 1 amide bonds. The van der Waals surface area contributed by atoms with Gasteiger partial charge in [0.15, 0.2) is 0 Å². The summed E-state index contributed by atoms with van der Waals surface area (Å²) in [5.74, 6) is 0.528. The van der Waals surface area contributed by atoms with Gasteiger partial charge in [-0.3, -0.25) is 4.79 Å².